The van der Waals surface area contributed by atoms with Crippen LogP contribution in [0.25, 0.3) is 0 Å². The van der Waals surface area contributed by atoms with E-state index in [-0.39, 0.29) is 10.5 Å². The van der Waals surface area contributed by atoms with Crippen molar-refractivity contribution in [3.05, 3.63) is 30.1 Å². The largest absolute Gasteiger partial charge is 0.439 e. The first-order valence-corrected chi connectivity index (χ1v) is 6.82. The van der Waals surface area contributed by atoms with E-state index in [4.69, 9.17) is 0 Å². The Labute approximate surface area is 113 Å². The average Bonchev–Trinajstić information content (AvgIpc) is 3.02. The van der Waals surface area contributed by atoms with E-state index < -0.39 is 0 Å². The summed E-state index contributed by atoms with van der Waals surface area (Å²) in [6.07, 6.45) is 9.50. The molecule has 1 aliphatic rings. The van der Waals surface area contributed by atoms with Gasteiger partial charge in [0.25, 0.3) is 0 Å². The number of aliphatic imine (C=N–C) groups is 1. The predicted molar refractivity (Wildman–Crippen MR) is 74.5 cm³/mol. The second kappa shape index (κ2) is 5.48. The molecule has 2 rings (SSSR count). The Bertz CT molecular complexity index is 516. The molecule has 0 aromatic carbocycles. The molecular weight excluding hydrogens is 240 g/mol. The van der Waals surface area contributed by atoms with Gasteiger partial charge in [-0.3, -0.25) is 0 Å². The number of imidazole rings is 1. The molecule has 1 amide bonds. The Hall–Kier alpha value is -1.75. The van der Waals surface area contributed by atoms with Crippen LogP contribution < -0.4 is 0 Å². The van der Waals surface area contributed by atoms with Crippen molar-refractivity contribution in [2.45, 2.75) is 40.0 Å². The first-order chi connectivity index (χ1) is 9.15. The Morgan fingerprint density at radius 2 is 2.16 bits per heavy atom. The van der Waals surface area contributed by atoms with Crippen molar-refractivity contribution in [2.75, 3.05) is 6.54 Å². The summed E-state index contributed by atoms with van der Waals surface area (Å²) in [6, 6.07) is 0.00315. The van der Waals surface area contributed by atoms with Gasteiger partial charge in [-0.1, -0.05) is 13.8 Å². The maximum absolute atomic E-state index is 12.8. The monoisotopic (exact) mass is 261 g/mol. The minimum Gasteiger partial charge on any atom is -0.245 e. The van der Waals surface area contributed by atoms with E-state index in [2.05, 4.69) is 23.8 Å². The maximum Gasteiger partial charge on any atom is 0.439 e. The molecule has 2 heterocycles. The van der Waals surface area contributed by atoms with Crippen LogP contribution in [0.15, 0.2) is 35.1 Å². The summed E-state index contributed by atoms with van der Waals surface area (Å²) in [5, 5.41) is 0. The van der Waals surface area contributed by atoms with Gasteiger partial charge in [-0.2, -0.15) is 4.48 Å². The van der Waals surface area contributed by atoms with Gasteiger partial charge in [0.15, 0.2) is 0 Å². The van der Waals surface area contributed by atoms with E-state index >= 15 is 0 Å². The molecule has 5 heteroatoms. The normalized spacial score (nSPS) is 22.3. The van der Waals surface area contributed by atoms with Crippen LogP contribution in [0.4, 0.5) is 4.79 Å². The van der Waals surface area contributed by atoms with Crippen LogP contribution in [0.2, 0.25) is 0 Å². The molecule has 1 aromatic rings. The highest BCUT2D eigenvalue weighted by Crippen LogP contribution is 2.31. The van der Waals surface area contributed by atoms with Crippen molar-refractivity contribution in [2.24, 2.45) is 4.99 Å². The van der Waals surface area contributed by atoms with Crippen LogP contribution in [-0.4, -0.2) is 32.9 Å². The molecule has 0 saturated carbocycles. The first kappa shape index (κ1) is 13.7. The Kier molecular flexibility index (Phi) is 3.95. The number of carbonyl (C=O) groups is 1. The number of carbonyl (C=O) groups excluding carboxylic acids is 1. The van der Waals surface area contributed by atoms with Gasteiger partial charge in [0.05, 0.1) is 6.54 Å². The molecule has 19 heavy (non-hydrogen) atoms. The quantitative estimate of drug-likeness (QED) is 0.782. The molecule has 0 fully saturated rings. The molecule has 0 radical (unpaired) electrons. The molecule has 1 aliphatic heterocycles. The van der Waals surface area contributed by atoms with Gasteiger partial charge in [-0.25, -0.2) is 19.3 Å². The highest BCUT2D eigenvalue weighted by molar-refractivity contribution is 5.80. The van der Waals surface area contributed by atoms with E-state index in [1.165, 1.54) is 0 Å². The second-order valence-electron chi connectivity index (χ2n) is 4.87. The number of nitrogens with zero attached hydrogens (tertiary/aromatic N) is 4. The van der Waals surface area contributed by atoms with Gasteiger partial charge in [0, 0.05) is 18.8 Å². The topological polar surface area (TPSA) is 47.2 Å². The van der Waals surface area contributed by atoms with Crippen molar-refractivity contribution >= 4 is 12.4 Å². The van der Waals surface area contributed by atoms with Crippen LogP contribution in [0.5, 0.6) is 0 Å². The summed E-state index contributed by atoms with van der Waals surface area (Å²) >= 11 is 0. The van der Waals surface area contributed by atoms with E-state index in [0.29, 0.717) is 0 Å². The highest BCUT2D eigenvalue weighted by Gasteiger charge is 2.44. The summed E-state index contributed by atoms with van der Waals surface area (Å²) in [5.74, 6) is 0. The van der Waals surface area contributed by atoms with Gasteiger partial charge >= 0.3 is 6.03 Å². The van der Waals surface area contributed by atoms with Crippen molar-refractivity contribution in [3.8, 4) is 0 Å². The fraction of sp³-hybridized carbons (Fsp3) is 0.500. The molecule has 0 aliphatic carbocycles. The summed E-state index contributed by atoms with van der Waals surface area (Å²) in [7, 11) is 0. The lowest BCUT2D eigenvalue weighted by molar-refractivity contribution is -0.709. The number of hydrogen-bond acceptors (Lipinski definition) is 3. The molecule has 102 valence electrons. The van der Waals surface area contributed by atoms with Crippen molar-refractivity contribution in [1.82, 2.24) is 9.55 Å². The second-order valence-corrected chi connectivity index (χ2v) is 4.87. The summed E-state index contributed by atoms with van der Waals surface area (Å²) in [4.78, 5) is 21.2. The number of allylic oxidation sites excluding steroid dienone is 2. The molecule has 5 nitrogen and oxygen atoms in total. The zero-order valence-electron chi connectivity index (χ0n) is 11.8. The molecule has 0 bridgehead atoms. The number of amides is 1. The SMILES string of the molecule is CCCC1=C(C)N=C[N+]1(CCC)C(=O)n1ccnc1. The standard InChI is InChI=1S/C14H21N4O/c1-4-6-13-12(3)16-11-18(13,9-5-2)14(19)17-8-7-15-10-17/h7-8,10-11H,4-6,9H2,1-3H3/q+1. The molecule has 0 saturated heterocycles. The maximum atomic E-state index is 12.8. The number of hydrogen-bond donors (Lipinski definition) is 0. The third kappa shape index (κ3) is 2.26. The lowest BCUT2D eigenvalue weighted by Gasteiger charge is -2.29. The predicted octanol–water partition coefficient (Wildman–Crippen LogP) is 3.15. The number of rotatable bonds is 4. The van der Waals surface area contributed by atoms with Crippen molar-refractivity contribution < 1.29 is 9.28 Å². The third-order valence-electron chi connectivity index (χ3n) is 3.48. The third-order valence-corrected chi connectivity index (χ3v) is 3.48. The fourth-order valence-electron chi connectivity index (χ4n) is 2.62. The zero-order chi connectivity index (χ0) is 13.9. The van der Waals surface area contributed by atoms with E-state index in [0.717, 1.165) is 37.2 Å². The molecule has 0 N–H and O–H groups in total. The molecule has 1 unspecified atom stereocenters. The highest BCUT2D eigenvalue weighted by atomic mass is 16.2. The summed E-state index contributed by atoms with van der Waals surface area (Å²) < 4.78 is 1.77. The minimum absolute atomic E-state index is 0.00315. The van der Waals surface area contributed by atoms with Crippen LogP contribution in [-0.2, 0) is 0 Å². The van der Waals surface area contributed by atoms with E-state index in [1.807, 2.05) is 6.92 Å². The molecule has 1 atom stereocenters. The van der Waals surface area contributed by atoms with E-state index in [1.54, 1.807) is 29.6 Å². The minimum atomic E-state index is 0.00315. The zero-order valence-corrected chi connectivity index (χ0v) is 11.8. The number of aromatic nitrogens is 2. The van der Waals surface area contributed by atoms with Gasteiger partial charge in [0.2, 0.25) is 6.34 Å². The molecular formula is C14H21N4O+. The van der Waals surface area contributed by atoms with Gasteiger partial charge < -0.3 is 0 Å². The van der Waals surface area contributed by atoms with Crippen LogP contribution >= 0.6 is 0 Å². The van der Waals surface area contributed by atoms with Gasteiger partial charge in [-0.05, 0) is 19.8 Å². The van der Waals surface area contributed by atoms with Crippen molar-refractivity contribution in [1.29, 1.82) is 0 Å². The Morgan fingerprint density at radius 1 is 1.37 bits per heavy atom. The fourth-order valence-corrected chi connectivity index (χ4v) is 2.62. The number of quaternary nitrogens is 1. The van der Waals surface area contributed by atoms with Crippen LogP contribution in [0.1, 0.15) is 40.0 Å². The lowest BCUT2D eigenvalue weighted by atomic mass is 10.1. The van der Waals surface area contributed by atoms with Gasteiger partial charge in [-0.15, -0.1) is 0 Å². The summed E-state index contributed by atoms with van der Waals surface area (Å²) in [6.45, 7) is 6.94. The van der Waals surface area contributed by atoms with Crippen molar-refractivity contribution in [3.63, 3.8) is 0 Å². The molecule has 0 spiro atoms. The first-order valence-electron chi connectivity index (χ1n) is 6.82. The Balaban J connectivity index is 2.44. The van der Waals surface area contributed by atoms with E-state index in [9.17, 15) is 4.79 Å². The lowest BCUT2D eigenvalue weighted by Crippen LogP contribution is -2.51. The smallest absolute Gasteiger partial charge is 0.245 e. The molecule has 1 aromatic heterocycles. The van der Waals surface area contributed by atoms with Crippen LogP contribution in [0.3, 0.4) is 0 Å². The van der Waals surface area contributed by atoms with Gasteiger partial charge in [0.1, 0.15) is 17.7 Å². The summed E-state index contributed by atoms with van der Waals surface area (Å²) in [5.41, 5.74) is 2.09. The Morgan fingerprint density at radius 3 is 2.74 bits per heavy atom. The van der Waals surface area contributed by atoms with Crippen LogP contribution in [0, 0.1) is 0 Å². The average molecular weight is 261 g/mol.